The van der Waals surface area contributed by atoms with Crippen molar-refractivity contribution in [1.82, 2.24) is 5.25 Å². The van der Waals surface area contributed by atoms with E-state index in [-0.39, 0.29) is 0 Å². The van der Waals surface area contributed by atoms with Crippen LogP contribution in [0.1, 0.15) is 0 Å². The van der Waals surface area contributed by atoms with Crippen LogP contribution in [0.2, 0.25) is 0 Å². The van der Waals surface area contributed by atoms with Crippen molar-refractivity contribution in [2.75, 3.05) is 0 Å². The molecule has 0 aliphatic rings. The molecule has 5 nitrogen and oxygen atoms in total. The molecule has 0 unspecified atom stereocenters. The van der Waals surface area contributed by atoms with Gasteiger partial charge in [-0.2, -0.15) is 0 Å². The molecule has 0 heterocycles. The summed E-state index contributed by atoms with van der Waals surface area (Å²) in [5, 5.41) is 1.60. The zero-order chi connectivity index (χ0) is 9.03. The number of benzene rings is 1. The van der Waals surface area contributed by atoms with Crippen LogP contribution in [0.5, 0.6) is 5.75 Å². The molecule has 66 valence electrons. The Labute approximate surface area is 69.2 Å². The van der Waals surface area contributed by atoms with Gasteiger partial charge in [0.05, 0.1) is 0 Å². The van der Waals surface area contributed by atoms with E-state index in [9.17, 15) is 4.57 Å². The number of hydrogen-bond acceptors (Lipinski definition) is 2. The maximum atomic E-state index is 10.3. The highest BCUT2D eigenvalue weighted by atomic mass is 31.2. The topological polar surface area (TPSA) is 78.8 Å². The normalized spacial score (nSPS) is 11.2. The van der Waals surface area contributed by atoms with Gasteiger partial charge in [-0.15, -0.1) is 0 Å². The maximum Gasteiger partial charge on any atom is 0.432 e. The third kappa shape index (κ3) is 3.50. The first-order chi connectivity index (χ1) is 5.58. The van der Waals surface area contributed by atoms with Crippen LogP contribution in [-0.2, 0) is 4.57 Å². The van der Waals surface area contributed by atoms with Crippen LogP contribution in [0.25, 0.3) is 0 Å². The van der Waals surface area contributed by atoms with Gasteiger partial charge in [-0.05, 0) is 12.1 Å². The van der Waals surface area contributed by atoms with E-state index in [1.54, 1.807) is 35.6 Å². The third-order valence-corrected chi connectivity index (χ3v) is 1.35. The SMILES string of the molecule is O=P(O)(O)NOc1ccccc1. The summed E-state index contributed by atoms with van der Waals surface area (Å²) in [6, 6.07) is 8.29. The van der Waals surface area contributed by atoms with Gasteiger partial charge in [0, 0.05) is 0 Å². The summed E-state index contributed by atoms with van der Waals surface area (Å²) in [5.41, 5.74) is 0. The van der Waals surface area contributed by atoms with Crippen molar-refractivity contribution in [2.45, 2.75) is 0 Å². The van der Waals surface area contributed by atoms with Crippen molar-refractivity contribution >= 4 is 7.75 Å². The molecule has 0 fully saturated rings. The van der Waals surface area contributed by atoms with E-state index in [4.69, 9.17) is 9.79 Å². The Bertz CT molecular complexity index is 283. The molecule has 3 N–H and O–H groups in total. The first kappa shape index (κ1) is 9.22. The Kier molecular flexibility index (Phi) is 2.83. The highest BCUT2D eigenvalue weighted by molar-refractivity contribution is 7.49. The summed E-state index contributed by atoms with van der Waals surface area (Å²) in [6.07, 6.45) is 0. The van der Waals surface area contributed by atoms with Gasteiger partial charge in [-0.3, -0.25) is 0 Å². The third-order valence-electron chi connectivity index (χ3n) is 1.03. The van der Waals surface area contributed by atoms with Gasteiger partial charge in [-0.1, -0.05) is 23.4 Å². The molecule has 0 radical (unpaired) electrons. The lowest BCUT2D eigenvalue weighted by molar-refractivity contribution is 0.216. The first-order valence-corrected chi connectivity index (χ1v) is 4.74. The molecule has 6 heteroatoms. The van der Waals surface area contributed by atoms with E-state index in [0.717, 1.165) is 0 Å². The first-order valence-electron chi connectivity index (χ1n) is 3.13. The van der Waals surface area contributed by atoms with Crippen LogP contribution in [-0.4, -0.2) is 9.79 Å². The lowest BCUT2D eigenvalue weighted by Gasteiger charge is -2.06. The van der Waals surface area contributed by atoms with E-state index in [0.29, 0.717) is 5.75 Å². The monoisotopic (exact) mass is 189 g/mol. The second-order valence-corrected chi connectivity index (χ2v) is 3.32. The second kappa shape index (κ2) is 3.69. The summed E-state index contributed by atoms with van der Waals surface area (Å²) in [7, 11) is -4.30. The van der Waals surface area contributed by atoms with Crippen LogP contribution in [0, 0.1) is 0 Å². The van der Waals surface area contributed by atoms with Gasteiger partial charge in [0.25, 0.3) is 0 Å². The summed E-state index contributed by atoms with van der Waals surface area (Å²) < 4.78 is 10.3. The van der Waals surface area contributed by atoms with Gasteiger partial charge in [0.15, 0.2) is 0 Å². The molecular weight excluding hydrogens is 181 g/mol. The van der Waals surface area contributed by atoms with Crippen molar-refractivity contribution in [3.05, 3.63) is 30.3 Å². The Balaban J connectivity index is 2.50. The van der Waals surface area contributed by atoms with Gasteiger partial charge < -0.3 is 14.6 Å². The Morgan fingerprint density at radius 3 is 2.33 bits per heavy atom. The minimum Gasteiger partial charge on any atom is -0.398 e. The Hall–Kier alpha value is -0.870. The van der Waals surface area contributed by atoms with E-state index < -0.39 is 7.75 Å². The van der Waals surface area contributed by atoms with Crippen molar-refractivity contribution in [3.8, 4) is 5.75 Å². The molecule has 12 heavy (non-hydrogen) atoms. The smallest absolute Gasteiger partial charge is 0.398 e. The molecule has 0 saturated carbocycles. The molecule has 1 rings (SSSR count). The van der Waals surface area contributed by atoms with Crippen molar-refractivity contribution < 1.29 is 19.2 Å². The molecule has 0 aliphatic carbocycles. The lowest BCUT2D eigenvalue weighted by Crippen LogP contribution is -2.13. The van der Waals surface area contributed by atoms with E-state index >= 15 is 0 Å². The largest absolute Gasteiger partial charge is 0.432 e. The van der Waals surface area contributed by atoms with Crippen LogP contribution >= 0.6 is 7.75 Å². The minimum absolute atomic E-state index is 0.348. The predicted molar refractivity (Wildman–Crippen MR) is 42.2 cm³/mol. The molecular formula is C6H8NO4P. The fourth-order valence-corrected chi connectivity index (χ4v) is 0.825. The lowest BCUT2D eigenvalue weighted by atomic mass is 10.3. The van der Waals surface area contributed by atoms with E-state index in [2.05, 4.69) is 4.84 Å². The van der Waals surface area contributed by atoms with Crippen LogP contribution < -0.4 is 10.1 Å². The van der Waals surface area contributed by atoms with Gasteiger partial charge in [-0.25, -0.2) is 4.57 Å². The summed E-state index contributed by atoms with van der Waals surface area (Å²) >= 11 is 0. The number of rotatable bonds is 3. The average molecular weight is 189 g/mol. The van der Waals surface area contributed by atoms with Gasteiger partial charge in [0.2, 0.25) is 0 Å². The van der Waals surface area contributed by atoms with Crippen molar-refractivity contribution in [1.29, 1.82) is 0 Å². The second-order valence-electron chi connectivity index (χ2n) is 2.05. The summed E-state index contributed by atoms with van der Waals surface area (Å²) in [6.45, 7) is 0. The molecule has 0 amide bonds. The van der Waals surface area contributed by atoms with Crippen molar-refractivity contribution in [3.63, 3.8) is 0 Å². The quantitative estimate of drug-likeness (QED) is 0.481. The predicted octanol–water partition coefficient (Wildman–Crippen LogP) is 0.663. The number of hydrogen-bond donors (Lipinski definition) is 3. The fraction of sp³-hybridized carbons (Fsp3) is 0. The summed E-state index contributed by atoms with van der Waals surface area (Å²) in [4.78, 5) is 21.3. The molecule has 0 spiro atoms. The molecule has 0 aliphatic heterocycles. The van der Waals surface area contributed by atoms with Crippen LogP contribution in [0.15, 0.2) is 30.3 Å². The van der Waals surface area contributed by atoms with Gasteiger partial charge >= 0.3 is 7.75 Å². The molecule has 0 bridgehead atoms. The number of nitrogens with one attached hydrogen (secondary N) is 1. The standard InChI is InChI=1S/C6H8NO4P/c8-12(9,10)7-11-6-4-2-1-3-5-6/h1-5H,(H3,7,8,9,10). The zero-order valence-electron chi connectivity index (χ0n) is 6.04. The molecule has 1 aromatic carbocycles. The Morgan fingerprint density at radius 2 is 1.83 bits per heavy atom. The summed E-state index contributed by atoms with van der Waals surface area (Å²) in [5.74, 6) is 0.348. The minimum atomic E-state index is -4.30. The highest BCUT2D eigenvalue weighted by Crippen LogP contribution is 2.28. The average Bonchev–Trinajstić information content (AvgIpc) is 2.02. The zero-order valence-corrected chi connectivity index (χ0v) is 6.94. The fourth-order valence-electron chi connectivity index (χ4n) is 0.601. The Morgan fingerprint density at radius 1 is 1.25 bits per heavy atom. The maximum absolute atomic E-state index is 10.3. The molecule has 0 atom stereocenters. The van der Waals surface area contributed by atoms with Crippen LogP contribution in [0.4, 0.5) is 0 Å². The molecule has 0 saturated heterocycles. The van der Waals surface area contributed by atoms with E-state index in [1.807, 2.05) is 0 Å². The number of para-hydroxylation sites is 1. The molecule has 1 aromatic rings. The highest BCUT2D eigenvalue weighted by Gasteiger charge is 2.12. The van der Waals surface area contributed by atoms with Crippen molar-refractivity contribution in [2.24, 2.45) is 0 Å². The van der Waals surface area contributed by atoms with Crippen LogP contribution in [0.3, 0.4) is 0 Å². The van der Waals surface area contributed by atoms with Gasteiger partial charge in [0.1, 0.15) is 5.75 Å². The van der Waals surface area contributed by atoms with E-state index in [1.165, 1.54) is 0 Å². The molecule has 0 aromatic heterocycles.